The molecular formula is C17H34N4OS. The Morgan fingerprint density at radius 3 is 2.61 bits per heavy atom. The molecule has 1 aliphatic carbocycles. The molecule has 0 aromatic rings. The number of aliphatic imine (C=N–C) groups is 1. The average molecular weight is 343 g/mol. The predicted octanol–water partition coefficient (Wildman–Crippen LogP) is 1.71. The Morgan fingerprint density at radius 1 is 1.35 bits per heavy atom. The second-order valence-electron chi connectivity index (χ2n) is 7.78. The van der Waals surface area contributed by atoms with Crippen LogP contribution in [0.1, 0.15) is 53.9 Å². The molecule has 5 nitrogen and oxygen atoms in total. The van der Waals surface area contributed by atoms with Gasteiger partial charge < -0.3 is 10.6 Å². The highest BCUT2D eigenvalue weighted by molar-refractivity contribution is 7.86. The van der Waals surface area contributed by atoms with Crippen molar-refractivity contribution >= 4 is 16.8 Å². The summed E-state index contributed by atoms with van der Waals surface area (Å²) in [7, 11) is -0.842. The van der Waals surface area contributed by atoms with Gasteiger partial charge in [-0.05, 0) is 53.9 Å². The first-order valence-electron chi connectivity index (χ1n) is 9.00. The van der Waals surface area contributed by atoms with Crippen molar-refractivity contribution in [3.8, 4) is 0 Å². The fourth-order valence-electron chi connectivity index (χ4n) is 3.14. The van der Waals surface area contributed by atoms with Crippen molar-refractivity contribution in [2.24, 2.45) is 4.99 Å². The Kier molecular flexibility index (Phi) is 6.48. The summed E-state index contributed by atoms with van der Waals surface area (Å²) in [5, 5.41) is 6.89. The zero-order chi connectivity index (χ0) is 17.0. The van der Waals surface area contributed by atoms with Crippen LogP contribution < -0.4 is 10.6 Å². The highest BCUT2D eigenvalue weighted by Crippen LogP contribution is 2.33. The summed E-state index contributed by atoms with van der Waals surface area (Å²) in [4.78, 5) is 7.26. The molecule has 2 fully saturated rings. The number of hydrogen-bond acceptors (Lipinski definition) is 3. The number of guanidine groups is 1. The van der Waals surface area contributed by atoms with E-state index in [1.165, 1.54) is 19.3 Å². The minimum Gasteiger partial charge on any atom is -0.357 e. The van der Waals surface area contributed by atoms with E-state index in [-0.39, 0.29) is 4.75 Å². The largest absolute Gasteiger partial charge is 0.357 e. The third-order valence-corrected chi connectivity index (χ3v) is 6.47. The van der Waals surface area contributed by atoms with Crippen molar-refractivity contribution in [2.45, 2.75) is 76.8 Å². The van der Waals surface area contributed by atoms with Gasteiger partial charge in [0.1, 0.15) is 0 Å². The van der Waals surface area contributed by atoms with E-state index < -0.39 is 10.8 Å². The molecule has 2 N–H and O–H groups in total. The fourth-order valence-corrected chi connectivity index (χ4v) is 4.01. The summed E-state index contributed by atoms with van der Waals surface area (Å²) in [5.74, 6) is 1.49. The van der Waals surface area contributed by atoms with Crippen LogP contribution in [0.25, 0.3) is 0 Å². The molecule has 23 heavy (non-hydrogen) atoms. The number of nitrogens with zero attached hydrogens (tertiary/aromatic N) is 2. The van der Waals surface area contributed by atoms with Crippen LogP contribution in [-0.4, -0.2) is 63.3 Å². The van der Waals surface area contributed by atoms with E-state index in [2.05, 4.69) is 34.4 Å². The number of nitrogens with one attached hydrogen (secondary N) is 2. The van der Waals surface area contributed by atoms with Crippen LogP contribution in [0.15, 0.2) is 4.99 Å². The first kappa shape index (κ1) is 18.7. The molecule has 2 rings (SSSR count). The van der Waals surface area contributed by atoms with Gasteiger partial charge in [-0.3, -0.25) is 14.1 Å². The van der Waals surface area contributed by atoms with E-state index in [9.17, 15) is 4.21 Å². The molecule has 0 aromatic carbocycles. The summed E-state index contributed by atoms with van der Waals surface area (Å²) in [6.45, 7) is 13.0. The average Bonchev–Trinajstić information content (AvgIpc) is 3.22. The molecule has 3 unspecified atom stereocenters. The molecule has 6 heteroatoms. The third-order valence-electron chi connectivity index (χ3n) is 4.55. The van der Waals surface area contributed by atoms with Crippen molar-refractivity contribution in [1.82, 2.24) is 15.5 Å². The summed E-state index contributed by atoms with van der Waals surface area (Å²) >= 11 is 0. The smallest absolute Gasteiger partial charge is 0.191 e. The number of hydrogen-bond donors (Lipinski definition) is 2. The molecule has 1 saturated carbocycles. The van der Waals surface area contributed by atoms with E-state index in [0.717, 1.165) is 25.1 Å². The van der Waals surface area contributed by atoms with Crippen molar-refractivity contribution < 1.29 is 4.21 Å². The van der Waals surface area contributed by atoms with E-state index in [4.69, 9.17) is 0 Å². The highest BCUT2D eigenvalue weighted by Gasteiger charge is 2.38. The molecule has 0 spiro atoms. The molecule has 1 aliphatic heterocycles. The van der Waals surface area contributed by atoms with Gasteiger partial charge in [0.15, 0.2) is 5.96 Å². The SMILES string of the molecule is CCNC(=NCCS(=O)C(C)(C)C)NC1CC(C)N(C2CC2)C1. The van der Waals surface area contributed by atoms with Gasteiger partial charge in [0, 0.05) is 52.5 Å². The Hall–Kier alpha value is -0.620. The van der Waals surface area contributed by atoms with Crippen molar-refractivity contribution in [3.63, 3.8) is 0 Å². The zero-order valence-corrected chi connectivity index (χ0v) is 16.2. The molecule has 0 aromatic heterocycles. The molecule has 134 valence electrons. The second-order valence-corrected chi connectivity index (χ2v) is 10.1. The Balaban J connectivity index is 1.83. The Morgan fingerprint density at radius 2 is 2.04 bits per heavy atom. The minimum absolute atomic E-state index is 0.160. The Labute approximate surface area is 144 Å². The van der Waals surface area contributed by atoms with Crippen LogP contribution in [0, 0.1) is 0 Å². The molecule has 0 bridgehead atoms. The van der Waals surface area contributed by atoms with Gasteiger partial charge in [-0.2, -0.15) is 0 Å². The molecule has 1 saturated heterocycles. The predicted molar refractivity (Wildman–Crippen MR) is 99.5 cm³/mol. The van der Waals surface area contributed by atoms with Crippen molar-refractivity contribution in [3.05, 3.63) is 0 Å². The van der Waals surface area contributed by atoms with Gasteiger partial charge in [-0.25, -0.2) is 0 Å². The third kappa shape index (κ3) is 5.75. The second kappa shape index (κ2) is 7.97. The maximum absolute atomic E-state index is 12.1. The fraction of sp³-hybridized carbons (Fsp3) is 0.941. The molecule has 3 atom stereocenters. The van der Waals surface area contributed by atoms with E-state index in [1.807, 2.05) is 20.8 Å². The van der Waals surface area contributed by atoms with Gasteiger partial charge in [0.2, 0.25) is 0 Å². The maximum atomic E-state index is 12.1. The van der Waals surface area contributed by atoms with Crippen LogP contribution in [0.2, 0.25) is 0 Å². The van der Waals surface area contributed by atoms with E-state index in [1.54, 1.807) is 0 Å². The van der Waals surface area contributed by atoms with Crippen LogP contribution in [0.4, 0.5) is 0 Å². The summed E-state index contributed by atoms with van der Waals surface area (Å²) in [6, 6.07) is 1.96. The van der Waals surface area contributed by atoms with Gasteiger partial charge in [0.05, 0.1) is 6.54 Å². The lowest BCUT2D eigenvalue weighted by Crippen LogP contribution is -2.45. The standard InChI is InChI=1S/C17H34N4OS/c1-6-18-16(19-9-10-23(22)17(3,4)5)20-14-11-13(2)21(12-14)15-7-8-15/h13-15H,6-12H2,1-5H3,(H2,18,19,20). The van der Waals surface area contributed by atoms with Crippen LogP contribution >= 0.6 is 0 Å². The topological polar surface area (TPSA) is 56.7 Å². The number of rotatable bonds is 6. The van der Waals surface area contributed by atoms with E-state index in [0.29, 0.717) is 24.4 Å². The Bertz CT molecular complexity index is 442. The van der Waals surface area contributed by atoms with Gasteiger partial charge >= 0.3 is 0 Å². The van der Waals surface area contributed by atoms with Gasteiger partial charge in [-0.1, -0.05) is 0 Å². The van der Waals surface area contributed by atoms with Crippen LogP contribution in [0.5, 0.6) is 0 Å². The molecular weight excluding hydrogens is 308 g/mol. The quantitative estimate of drug-likeness (QED) is 0.570. The summed E-state index contributed by atoms with van der Waals surface area (Å²) < 4.78 is 12.0. The summed E-state index contributed by atoms with van der Waals surface area (Å²) in [6.07, 6.45) is 3.91. The highest BCUT2D eigenvalue weighted by atomic mass is 32.2. The normalized spacial score (nSPS) is 28.0. The minimum atomic E-state index is -0.842. The lowest BCUT2D eigenvalue weighted by atomic mass is 10.2. The van der Waals surface area contributed by atoms with Crippen molar-refractivity contribution in [2.75, 3.05) is 25.4 Å². The van der Waals surface area contributed by atoms with Crippen LogP contribution in [-0.2, 0) is 10.8 Å². The van der Waals surface area contributed by atoms with Crippen LogP contribution in [0.3, 0.4) is 0 Å². The first-order chi connectivity index (χ1) is 10.8. The lowest BCUT2D eigenvalue weighted by Gasteiger charge is -2.20. The van der Waals surface area contributed by atoms with Gasteiger partial charge in [-0.15, -0.1) is 0 Å². The first-order valence-corrected chi connectivity index (χ1v) is 10.3. The number of likely N-dealkylation sites (tertiary alicyclic amines) is 1. The molecule has 0 amide bonds. The molecule has 0 radical (unpaired) electrons. The summed E-state index contributed by atoms with van der Waals surface area (Å²) in [5.41, 5.74) is 0. The van der Waals surface area contributed by atoms with Gasteiger partial charge in [0.25, 0.3) is 0 Å². The zero-order valence-electron chi connectivity index (χ0n) is 15.4. The van der Waals surface area contributed by atoms with E-state index >= 15 is 0 Å². The molecule has 1 heterocycles. The lowest BCUT2D eigenvalue weighted by molar-refractivity contribution is 0.256. The monoisotopic (exact) mass is 342 g/mol. The maximum Gasteiger partial charge on any atom is 0.191 e. The molecule has 2 aliphatic rings. The van der Waals surface area contributed by atoms with Crippen molar-refractivity contribution in [1.29, 1.82) is 0 Å².